The van der Waals surface area contributed by atoms with E-state index in [0.29, 0.717) is 11.8 Å². The van der Waals surface area contributed by atoms with E-state index in [1.807, 2.05) is 13.8 Å². The van der Waals surface area contributed by atoms with Crippen molar-refractivity contribution in [2.75, 3.05) is 11.9 Å². The van der Waals surface area contributed by atoms with Crippen LogP contribution >= 0.6 is 0 Å². The van der Waals surface area contributed by atoms with Crippen molar-refractivity contribution in [1.82, 2.24) is 9.97 Å². The van der Waals surface area contributed by atoms with Gasteiger partial charge in [-0.2, -0.15) is 0 Å². The average molecular weight is 251 g/mol. The topological polar surface area (TPSA) is 67.3 Å². The number of hydrogen-bond acceptors (Lipinski definition) is 5. The van der Waals surface area contributed by atoms with Crippen LogP contribution in [0.5, 0.6) is 5.88 Å². The first-order chi connectivity index (χ1) is 8.65. The Hall–Kier alpha value is -1.36. The highest BCUT2D eigenvalue weighted by atomic mass is 16.5. The number of anilines is 1. The molecule has 0 aromatic carbocycles. The molecule has 1 aliphatic rings. The predicted molar refractivity (Wildman–Crippen MR) is 69.6 cm³/mol. The Bertz CT molecular complexity index is 384. The van der Waals surface area contributed by atoms with Gasteiger partial charge in [0, 0.05) is 18.5 Å². The van der Waals surface area contributed by atoms with Crippen LogP contribution in [-0.2, 0) is 0 Å². The van der Waals surface area contributed by atoms with Crippen molar-refractivity contribution in [1.29, 1.82) is 0 Å². The second-order valence-corrected chi connectivity index (χ2v) is 5.05. The molecule has 1 aromatic heterocycles. The van der Waals surface area contributed by atoms with E-state index in [2.05, 4.69) is 15.3 Å². The summed E-state index contributed by atoms with van der Waals surface area (Å²) in [6, 6.07) is 1.79. The molecule has 1 heterocycles. The molecule has 2 N–H and O–H groups in total. The summed E-state index contributed by atoms with van der Waals surface area (Å²) in [6.07, 6.45) is 4.52. The monoisotopic (exact) mass is 251 g/mol. The molecule has 0 saturated heterocycles. The van der Waals surface area contributed by atoms with Gasteiger partial charge in [-0.15, -0.1) is 0 Å². The summed E-state index contributed by atoms with van der Waals surface area (Å²) in [7, 11) is 0. The molecule has 100 valence electrons. The average Bonchev–Trinajstić information content (AvgIpc) is 2.72. The van der Waals surface area contributed by atoms with Crippen molar-refractivity contribution in [2.45, 2.75) is 45.3 Å². The highest BCUT2D eigenvalue weighted by molar-refractivity contribution is 5.37. The van der Waals surface area contributed by atoms with Gasteiger partial charge in [-0.25, -0.2) is 9.97 Å². The molecule has 5 nitrogen and oxygen atoms in total. The first-order valence-electron chi connectivity index (χ1n) is 6.56. The first-order valence-corrected chi connectivity index (χ1v) is 6.56. The fourth-order valence-electron chi connectivity index (χ4n) is 2.23. The lowest BCUT2D eigenvalue weighted by Gasteiger charge is -2.16. The van der Waals surface area contributed by atoms with Crippen LogP contribution in [-0.4, -0.2) is 33.8 Å². The standard InChI is InChI=1S/C13H21N3O2/c1-9(2)18-13-6-12(15-8-16-13)14-7-10-4-3-5-11(10)17/h6,8-11,17H,3-5,7H2,1-2H3,(H,14,15,16). The maximum Gasteiger partial charge on any atom is 0.218 e. The molecule has 5 heteroatoms. The number of nitrogens with zero attached hydrogens (tertiary/aromatic N) is 2. The number of aliphatic hydroxyl groups excluding tert-OH is 1. The summed E-state index contributed by atoms with van der Waals surface area (Å²) in [5.74, 6) is 1.66. The van der Waals surface area contributed by atoms with Crippen LogP contribution in [0.4, 0.5) is 5.82 Å². The van der Waals surface area contributed by atoms with Crippen molar-refractivity contribution in [3.63, 3.8) is 0 Å². The number of nitrogens with one attached hydrogen (secondary N) is 1. The van der Waals surface area contributed by atoms with E-state index in [0.717, 1.165) is 31.6 Å². The Morgan fingerprint density at radius 1 is 1.44 bits per heavy atom. The van der Waals surface area contributed by atoms with Gasteiger partial charge in [0.05, 0.1) is 12.2 Å². The van der Waals surface area contributed by atoms with E-state index in [-0.39, 0.29) is 12.2 Å². The molecule has 1 saturated carbocycles. The molecule has 0 bridgehead atoms. The van der Waals surface area contributed by atoms with Crippen LogP contribution < -0.4 is 10.1 Å². The maximum absolute atomic E-state index is 9.74. The van der Waals surface area contributed by atoms with Crippen molar-refractivity contribution < 1.29 is 9.84 Å². The minimum absolute atomic E-state index is 0.101. The summed E-state index contributed by atoms with van der Waals surface area (Å²) in [5.41, 5.74) is 0. The molecule has 1 aromatic rings. The second-order valence-electron chi connectivity index (χ2n) is 5.05. The van der Waals surface area contributed by atoms with Gasteiger partial charge in [0.2, 0.25) is 5.88 Å². The molecule has 2 rings (SSSR count). The zero-order chi connectivity index (χ0) is 13.0. The molecule has 1 aliphatic carbocycles. The van der Waals surface area contributed by atoms with E-state index in [4.69, 9.17) is 4.74 Å². The minimum Gasteiger partial charge on any atom is -0.475 e. The molecular weight excluding hydrogens is 230 g/mol. The number of ether oxygens (including phenoxy) is 1. The molecule has 0 radical (unpaired) electrons. The van der Waals surface area contributed by atoms with Crippen LogP contribution in [0.15, 0.2) is 12.4 Å². The molecule has 2 unspecified atom stereocenters. The van der Waals surface area contributed by atoms with Crippen LogP contribution in [0.1, 0.15) is 33.1 Å². The summed E-state index contributed by atoms with van der Waals surface area (Å²) < 4.78 is 5.51. The Labute approximate surface area is 108 Å². The fraction of sp³-hybridized carbons (Fsp3) is 0.692. The van der Waals surface area contributed by atoms with Gasteiger partial charge in [-0.05, 0) is 26.7 Å². The Balaban J connectivity index is 1.88. The molecule has 0 spiro atoms. The van der Waals surface area contributed by atoms with Gasteiger partial charge in [0.25, 0.3) is 0 Å². The van der Waals surface area contributed by atoms with E-state index >= 15 is 0 Å². The lowest BCUT2D eigenvalue weighted by molar-refractivity contribution is 0.138. The first kappa shape index (κ1) is 13.1. The van der Waals surface area contributed by atoms with Gasteiger partial charge >= 0.3 is 0 Å². The van der Waals surface area contributed by atoms with Crippen LogP contribution in [0.25, 0.3) is 0 Å². The summed E-state index contributed by atoms with van der Waals surface area (Å²) in [5, 5.41) is 13.0. The third-order valence-corrected chi connectivity index (χ3v) is 3.16. The summed E-state index contributed by atoms with van der Waals surface area (Å²) in [4.78, 5) is 8.20. The minimum atomic E-state index is -0.175. The molecule has 1 fully saturated rings. The quantitative estimate of drug-likeness (QED) is 0.835. The van der Waals surface area contributed by atoms with Gasteiger partial charge in [-0.3, -0.25) is 0 Å². The lowest BCUT2D eigenvalue weighted by atomic mass is 10.1. The fourth-order valence-corrected chi connectivity index (χ4v) is 2.23. The molecule has 18 heavy (non-hydrogen) atoms. The second kappa shape index (κ2) is 6.00. The third kappa shape index (κ3) is 3.57. The molecular formula is C13H21N3O2. The van der Waals surface area contributed by atoms with E-state index in [1.165, 1.54) is 6.33 Å². The number of rotatable bonds is 5. The van der Waals surface area contributed by atoms with Crippen LogP contribution in [0.3, 0.4) is 0 Å². The number of aliphatic hydroxyl groups is 1. The van der Waals surface area contributed by atoms with Gasteiger partial charge < -0.3 is 15.2 Å². The third-order valence-electron chi connectivity index (χ3n) is 3.16. The summed E-state index contributed by atoms with van der Waals surface area (Å²) >= 11 is 0. The Kier molecular flexibility index (Phi) is 4.36. The molecule has 2 atom stereocenters. The SMILES string of the molecule is CC(C)Oc1cc(NCC2CCCC2O)ncn1. The van der Waals surface area contributed by atoms with E-state index < -0.39 is 0 Å². The predicted octanol–water partition coefficient (Wildman–Crippen LogP) is 1.84. The van der Waals surface area contributed by atoms with E-state index in [1.54, 1.807) is 6.07 Å². The van der Waals surface area contributed by atoms with Crippen molar-refractivity contribution in [3.8, 4) is 5.88 Å². The smallest absolute Gasteiger partial charge is 0.218 e. The number of aromatic nitrogens is 2. The van der Waals surface area contributed by atoms with Crippen LogP contribution in [0, 0.1) is 5.92 Å². The van der Waals surface area contributed by atoms with E-state index in [9.17, 15) is 5.11 Å². The highest BCUT2D eigenvalue weighted by Crippen LogP contribution is 2.25. The van der Waals surface area contributed by atoms with Crippen LogP contribution in [0.2, 0.25) is 0 Å². The maximum atomic E-state index is 9.74. The zero-order valence-corrected chi connectivity index (χ0v) is 11.0. The lowest BCUT2D eigenvalue weighted by Crippen LogP contribution is -2.22. The molecule has 0 aliphatic heterocycles. The zero-order valence-electron chi connectivity index (χ0n) is 11.0. The summed E-state index contributed by atoms with van der Waals surface area (Å²) in [6.45, 7) is 4.67. The highest BCUT2D eigenvalue weighted by Gasteiger charge is 2.24. The van der Waals surface area contributed by atoms with Gasteiger partial charge in [0.15, 0.2) is 0 Å². The Morgan fingerprint density at radius 3 is 2.94 bits per heavy atom. The van der Waals surface area contributed by atoms with Crippen molar-refractivity contribution >= 4 is 5.82 Å². The van der Waals surface area contributed by atoms with Gasteiger partial charge in [0.1, 0.15) is 12.1 Å². The largest absolute Gasteiger partial charge is 0.475 e. The Morgan fingerprint density at radius 2 is 2.28 bits per heavy atom. The van der Waals surface area contributed by atoms with Crippen molar-refractivity contribution in [2.24, 2.45) is 5.92 Å². The number of hydrogen-bond donors (Lipinski definition) is 2. The van der Waals surface area contributed by atoms with Gasteiger partial charge in [-0.1, -0.05) is 6.42 Å². The normalized spacial score (nSPS) is 23.3. The molecule has 0 amide bonds. The van der Waals surface area contributed by atoms with Crippen molar-refractivity contribution in [3.05, 3.63) is 12.4 Å².